The zero-order valence-electron chi connectivity index (χ0n) is 8.81. The number of nitrogens with zero attached hydrogens (tertiary/aromatic N) is 3. The summed E-state index contributed by atoms with van der Waals surface area (Å²) in [7, 11) is 0. The Hall–Kier alpha value is -1.68. The highest BCUT2D eigenvalue weighted by Gasteiger charge is 2.08. The first kappa shape index (κ1) is 10.8. The number of benzene rings is 1. The Kier molecular flexibility index (Phi) is 3.01. The number of rotatable bonds is 2. The van der Waals surface area contributed by atoms with Crippen molar-refractivity contribution in [1.29, 1.82) is 0 Å². The van der Waals surface area contributed by atoms with Crippen molar-refractivity contribution in [2.45, 2.75) is 13.3 Å². The predicted molar refractivity (Wildman–Crippen MR) is 64.1 cm³/mol. The van der Waals surface area contributed by atoms with Crippen molar-refractivity contribution in [3.05, 3.63) is 35.1 Å². The molecule has 2 rings (SSSR count). The topological polar surface area (TPSA) is 64.7 Å². The van der Waals surface area contributed by atoms with Crippen molar-refractivity contribution >= 4 is 17.5 Å². The van der Waals surface area contributed by atoms with Gasteiger partial charge in [-0.05, 0) is 12.1 Å². The van der Waals surface area contributed by atoms with Crippen molar-refractivity contribution in [1.82, 2.24) is 15.0 Å². The Bertz CT molecular complexity index is 513. The fourth-order valence-corrected chi connectivity index (χ4v) is 1.58. The third-order valence-electron chi connectivity index (χ3n) is 2.13. The molecule has 2 aromatic rings. The molecule has 0 unspecified atom stereocenters. The fraction of sp³-hybridized carbons (Fsp3) is 0.182. The highest BCUT2D eigenvalue weighted by molar-refractivity contribution is 6.33. The molecule has 5 heteroatoms. The number of aromatic nitrogens is 3. The van der Waals surface area contributed by atoms with Gasteiger partial charge < -0.3 is 5.73 Å². The molecule has 16 heavy (non-hydrogen) atoms. The van der Waals surface area contributed by atoms with Crippen LogP contribution in [0.25, 0.3) is 11.4 Å². The average Bonchev–Trinajstić information content (AvgIpc) is 2.28. The van der Waals surface area contributed by atoms with Gasteiger partial charge in [-0.15, -0.1) is 0 Å². The summed E-state index contributed by atoms with van der Waals surface area (Å²) in [6.07, 6.45) is 0.712. The molecule has 0 saturated carbocycles. The van der Waals surface area contributed by atoms with Crippen LogP contribution < -0.4 is 5.73 Å². The van der Waals surface area contributed by atoms with Crippen LogP contribution in [0.4, 0.5) is 5.95 Å². The van der Waals surface area contributed by atoms with Crippen LogP contribution in [0.5, 0.6) is 0 Å². The molecule has 4 nitrogen and oxygen atoms in total. The first-order valence-electron chi connectivity index (χ1n) is 4.96. The molecule has 1 aromatic carbocycles. The van der Waals surface area contributed by atoms with E-state index < -0.39 is 0 Å². The summed E-state index contributed by atoms with van der Waals surface area (Å²) in [5, 5.41) is 0.607. The number of hydrogen-bond donors (Lipinski definition) is 1. The minimum Gasteiger partial charge on any atom is -0.368 e. The molecule has 0 bridgehead atoms. The standard InChI is InChI=1S/C11H11ClN4/c1-2-9-14-10(16-11(13)15-9)7-5-3-4-6-8(7)12/h3-6H,2H2,1H3,(H2,13,14,15,16). The Morgan fingerprint density at radius 2 is 1.94 bits per heavy atom. The Morgan fingerprint density at radius 3 is 2.62 bits per heavy atom. The van der Waals surface area contributed by atoms with Gasteiger partial charge in [-0.1, -0.05) is 30.7 Å². The van der Waals surface area contributed by atoms with Gasteiger partial charge in [0.1, 0.15) is 5.82 Å². The summed E-state index contributed by atoms with van der Waals surface area (Å²) in [6, 6.07) is 7.39. The third kappa shape index (κ3) is 2.12. The first-order valence-corrected chi connectivity index (χ1v) is 5.34. The molecule has 0 radical (unpaired) electrons. The molecule has 2 N–H and O–H groups in total. The van der Waals surface area contributed by atoms with E-state index in [0.717, 1.165) is 5.56 Å². The maximum absolute atomic E-state index is 6.07. The van der Waals surface area contributed by atoms with Crippen molar-refractivity contribution in [3.8, 4) is 11.4 Å². The van der Waals surface area contributed by atoms with Crippen LogP contribution in [-0.2, 0) is 6.42 Å². The maximum Gasteiger partial charge on any atom is 0.223 e. The number of nitrogen functional groups attached to an aromatic ring is 1. The molecular formula is C11H11ClN4. The van der Waals surface area contributed by atoms with Crippen molar-refractivity contribution in [2.24, 2.45) is 0 Å². The van der Waals surface area contributed by atoms with Crippen LogP contribution in [0, 0.1) is 0 Å². The summed E-state index contributed by atoms with van der Waals surface area (Å²) in [5.74, 6) is 1.42. The van der Waals surface area contributed by atoms with Crippen molar-refractivity contribution < 1.29 is 0 Å². The normalized spacial score (nSPS) is 10.4. The van der Waals surface area contributed by atoms with Crippen LogP contribution in [0.15, 0.2) is 24.3 Å². The predicted octanol–water partition coefficient (Wildman–Crippen LogP) is 2.34. The van der Waals surface area contributed by atoms with E-state index in [0.29, 0.717) is 23.1 Å². The lowest BCUT2D eigenvalue weighted by molar-refractivity contribution is 0.913. The molecule has 0 spiro atoms. The second-order valence-corrected chi connectivity index (χ2v) is 3.67. The van der Waals surface area contributed by atoms with Gasteiger partial charge >= 0.3 is 0 Å². The van der Waals surface area contributed by atoms with Gasteiger partial charge in [0, 0.05) is 12.0 Å². The Morgan fingerprint density at radius 1 is 1.19 bits per heavy atom. The van der Waals surface area contributed by atoms with Crippen LogP contribution in [-0.4, -0.2) is 15.0 Å². The van der Waals surface area contributed by atoms with Gasteiger partial charge in [-0.25, -0.2) is 4.98 Å². The quantitative estimate of drug-likeness (QED) is 0.866. The number of halogens is 1. The van der Waals surface area contributed by atoms with E-state index in [1.165, 1.54) is 0 Å². The molecule has 0 saturated heterocycles. The van der Waals surface area contributed by atoms with Gasteiger partial charge in [0.25, 0.3) is 0 Å². The Balaban J connectivity index is 2.56. The summed E-state index contributed by atoms with van der Waals surface area (Å²) < 4.78 is 0. The Labute approximate surface area is 98.5 Å². The van der Waals surface area contributed by atoms with Crippen molar-refractivity contribution in [3.63, 3.8) is 0 Å². The number of anilines is 1. The highest BCUT2D eigenvalue weighted by atomic mass is 35.5. The lowest BCUT2D eigenvalue weighted by Gasteiger charge is -2.04. The zero-order valence-corrected chi connectivity index (χ0v) is 9.57. The second-order valence-electron chi connectivity index (χ2n) is 3.27. The number of aryl methyl sites for hydroxylation is 1. The number of nitrogens with two attached hydrogens (primary N) is 1. The third-order valence-corrected chi connectivity index (χ3v) is 2.46. The van der Waals surface area contributed by atoms with Crippen LogP contribution >= 0.6 is 11.6 Å². The van der Waals surface area contributed by atoms with Gasteiger partial charge in [-0.2, -0.15) is 9.97 Å². The van der Waals surface area contributed by atoms with E-state index in [1.807, 2.05) is 25.1 Å². The van der Waals surface area contributed by atoms with E-state index >= 15 is 0 Å². The summed E-state index contributed by atoms with van der Waals surface area (Å²) >= 11 is 6.07. The molecule has 0 amide bonds. The molecule has 0 aliphatic carbocycles. The van der Waals surface area contributed by atoms with Crippen LogP contribution in [0.1, 0.15) is 12.7 Å². The lowest BCUT2D eigenvalue weighted by Crippen LogP contribution is -2.04. The largest absolute Gasteiger partial charge is 0.368 e. The van der Waals surface area contributed by atoms with Crippen molar-refractivity contribution in [2.75, 3.05) is 5.73 Å². The second kappa shape index (κ2) is 4.45. The zero-order chi connectivity index (χ0) is 11.5. The van der Waals surface area contributed by atoms with Gasteiger partial charge in [0.15, 0.2) is 5.82 Å². The molecule has 0 fully saturated rings. The van der Waals surface area contributed by atoms with Gasteiger partial charge in [0.2, 0.25) is 5.95 Å². The highest BCUT2D eigenvalue weighted by Crippen LogP contribution is 2.24. The van der Waals surface area contributed by atoms with E-state index in [4.69, 9.17) is 17.3 Å². The summed E-state index contributed by atoms with van der Waals surface area (Å²) in [6.45, 7) is 1.96. The molecule has 1 heterocycles. The SMILES string of the molecule is CCc1nc(N)nc(-c2ccccc2Cl)n1. The van der Waals surface area contributed by atoms with Crippen LogP contribution in [0.3, 0.4) is 0 Å². The smallest absolute Gasteiger partial charge is 0.223 e. The molecule has 0 aliphatic rings. The van der Waals surface area contributed by atoms with E-state index in [9.17, 15) is 0 Å². The first-order chi connectivity index (χ1) is 7.70. The summed E-state index contributed by atoms with van der Waals surface area (Å²) in [5.41, 5.74) is 6.39. The molecule has 1 aromatic heterocycles. The number of hydrogen-bond acceptors (Lipinski definition) is 4. The maximum atomic E-state index is 6.07. The molecule has 0 atom stereocenters. The van der Waals surface area contributed by atoms with E-state index in [1.54, 1.807) is 6.07 Å². The minimum absolute atomic E-state index is 0.224. The molecule has 82 valence electrons. The lowest BCUT2D eigenvalue weighted by atomic mass is 10.2. The average molecular weight is 235 g/mol. The molecule has 0 aliphatic heterocycles. The minimum atomic E-state index is 0.224. The van der Waals surface area contributed by atoms with Gasteiger partial charge in [0.05, 0.1) is 5.02 Å². The molecular weight excluding hydrogens is 224 g/mol. The van der Waals surface area contributed by atoms with E-state index in [2.05, 4.69) is 15.0 Å². The summed E-state index contributed by atoms with van der Waals surface area (Å²) in [4.78, 5) is 12.4. The fourth-order valence-electron chi connectivity index (χ4n) is 1.36. The van der Waals surface area contributed by atoms with Crippen LogP contribution in [0.2, 0.25) is 5.02 Å². The van der Waals surface area contributed by atoms with Gasteiger partial charge in [-0.3, -0.25) is 0 Å². The monoisotopic (exact) mass is 234 g/mol. The van der Waals surface area contributed by atoms with E-state index in [-0.39, 0.29) is 5.95 Å².